The lowest BCUT2D eigenvalue weighted by molar-refractivity contribution is -0.385. The lowest BCUT2D eigenvalue weighted by atomic mass is 10.1. The van der Waals surface area contributed by atoms with E-state index in [1.54, 1.807) is 0 Å². The van der Waals surface area contributed by atoms with Crippen LogP contribution in [0.1, 0.15) is 30.6 Å². The summed E-state index contributed by atoms with van der Waals surface area (Å²) in [6.45, 7) is 4.38. The van der Waals surface area contributed by atoms with Crippen molar-refractivity contribution in [3.63, 3.8) is 0 Å². The van der Waals surface area contributed by atoms with Gasteiger partial charge in [-0.3, -0.25) is 14.9 Å². The van der Waals surface area contributed by atoms with Crippen molar-refractivity contribution in [2.45, 2.75) is 25.6 Å². The Morgan fingerprint density at radius 3 is 2.67 bits per heavy atom. The fourth-order valence-corrected chi connectivity index (χ4v) is 2.39. The first kappa shape index (κ1) is 17.2. The van der Waals surface area contributed by atoms with Gasteiger partial charge in [-0.1, -0.05) is 19.9 Å². The molecule has 0 bridgehead atoms. The summed E-state index contributed by atoms with van der Waals surface area (Å²) in [5.74, 6) is -0.0586. The van der Waals surface area contributed by atoms with Gasteiger partial charge in [0.25, 0.3) is 5.91 Å². The molecule has 0 aliphatic rings. The summed E-state index contributed by atoms with van der Waals surface area (Å²) >= 11 is 6.11. The number of rotatable bonds is 7. The molecular formula is C14H19ClN2O4. The zero-order valence-corrected chi connectivity index (χ0v) is 13.0. The third-order valence-electron chi connectivity index (χ3n) is 2.85. The topological polar surface area (TPSA) is 81.5 Å². The number of nitro groups is 1. The quantitative estimate of drug-likeness (QED) is 0.476. The van der Waals surface area contributed by atoms with Crippen LogP contribution in [0, 0.1) is 16.0 Å². The molecule has 0 aliphatic heterocycles. The Labute approximate surface area is 128 Å². The van der Waals surface area contributed by atoms with Crippen molar-refractivity contribution in [2.24, 2.45) is 5.92 Å². The molecule has 1 N–H and O–H groups in total. The van der Waals surface area contributed by atoms with Gasteiger partial charge in [-0.25, -0.2) is 0 Å². The zero-order valence-electron chi connectivity index (χ0n) is 12.3. The SMILES string of the molecule is COc1c(C(=O)NCC(Cl)CC(C)C)cccc1[N+](=O)[O-]. The number of carbonyl (C=O) groups is 1. The van der Waals surface area contributed by atoms with E-state index in [4.69, 9.17) is 16.3 Å². The number of hydrogen-bond acceptors (Lipinski definition) is 4. The third kappa shape index (κ3) is 4.90. The Balaban J connectivity index is 2.83. The molecule has 0 spiro atoms. The lowest BCUT2D eigenvalue weighted by Gasteiger charge is -2.14. The van der Waals surface area contributed by atoms with Crippen LogP contribution in [0.4, 0.5) is 5.69 Å². The molecule has 1 amide bonds. The number of amides is 1. The summed E-state index contributed by atoms with van der Waals surface area (Å²) in [6, 6.07) is 4.22. The Kier molecular flexibility index (Phi) is 6.42. The van der Waals surface area contributed by atoms with E-state index >= 15 is 0 Å². The third-order valence-corrected chi connectivity index (χ3v) is 3.18. The van der Waals surface area contributed by atoms with Crippen LogP contribution in [-0.2, 0) is 0 Å². The van der Waals surface area contributed by atoms with Crippen LogP contribution >= 0.6 is 11.6 Å². The van der Waals surface area contributed by atoms with Crippen LogP contribution in [-0.4, -0.2) is 29.9 Å². The van der Waals surface area contributed by atoms with Crippen LogP contribution in [0.15, 0.2) is 18.2 Å². The molecule has 1 aromatic carbocycles. The molecule has 1 rings (SSSR count). The summed E-state index contributed by atoms with van der Waals surface area (Å²) in [5.41, 5.74) is -0.116. The highest BCUT2D eigenvalue weighted by Crippen LogP contribution is 2.30. The van der Waals surface area contributed by atoms with Crippen molar-refractivity contribution in [3.8, 4) is 5.75 Å². The summed E-state index contributed by atoms with van der Waals surface area (Å²) in [7, 11) is 1.29. The summed E-state index contributed by atoms with van der Waals surface area (Å²) < 4.78 is 4.99. The van der Waals surface area contributed by atoms with Crippen molar-refractivity contribution in [1.82, 2.24) is 5.32 Å². The number of alkyl halides is 1. The first-order valence-electron chi connectivity index (χ1n) is 6.60. The molecule has 6 nitrogen and oxygen atoms in total. The Hall–Kier alpha value is -1.82. The predicted molar refractivity (Wildman–Crippen MR) is 81.1 cm³/mol. The lowest BCUT2D eigenvalue weighted by Crippen LogP contribution is -2.30. The largest absolute Gasteiger partial charge is 0.490 e. The molecule has 21 heavy (non-hydrogen) atoms. The van der Waals surface area contributed by atoms with Crippen LogP contribution in [0.3, 0.4) is 0 Å². The Bertz CT molecular complexity index is 520. The summed E-state index contributed by atoms with van der Waals surface area (Å²) in [5, 5.41) is 13.4. The molecule has 1 unspecified atom stereocenters. The van der Waals surface area contributed by atoms with E-state index in [9.17, 15) is 14.9 Å². The molecule has 116 valence electrons. The van der Waals surface area contributed by atoms with Gasteiger partial charge in [0.2, 0.25) is 5.75 Å². The maximum atomic E-state index is 12.1. The first-order valence-corrected chi connectivity index (χ1v) is 7.04. The number of methoxy groups -OCH3 is 1. The van der Waals surface area contributed by atoms with Gasteiger partial charge in [-0.05, 0) is 18.4 Å². The second-order valence-corrected chi connectivity index (χ2v) is 5.67. The standard InChI is InChI=1S/C14H19ClN2O4/c1-9(2)7-10(15)8-16-14(18)11-5-4-6-12(17(19)20)13(11)21-3/h4-6,9-10H,7-8H2,1-3H3,(H,16,18). The minimum absolute atomic E-state index is 0.0463. The van der Waals surface area contributed by atoms with Crippen molar-refractivity contribution in [3.05, 3.63) is 33.9 Å². The fourth-order valence-electron chi connectivity index (χ4n) is 1.96. The smallest absolute Gasteiger partial charge is 0.311 e. The predicted octanol–water partition coefficient (Wildman–Crippen LogP) is 2.99. The van der Waals surface area contributed by atoms with Crippen LogP contribution in [0.5, 0.6) is 5.75 Å². The van der Waals surface area contributed by atoms with E-state index in [-0.39, 0.29) is 22.4 Å². The number of hydrogen-bond donors (Lipinski definition) is 1. The van der Waals surface area contributed by atoms with Gasteiger partial charge in [-0.15, -0.1) is 11.6 Å². The highest BCUT2D eigenvalue weighted by molar-refractivity contribution is 6.21. The molecule has 0 saturated heterocycles. The Morgan fingerprint density at radius 2 is 2.14 bits per heavy atom. The number of carbonyl (C=O) groups excluding carboxylic acids is 1. The highest BCUT2D eigenvalue weighted by Gasteiger charge is 2.22. The van der Waals surface area contributed by atoms with E-state index in [2.05, 4.69) is 5.32 Å². The zero-order chi connectivity index (χ0) is 16.0. The second kappa shape index (κ2) is 7.83. The van der Waals surface area contributed by atoms with Crippen molar-refractivity contribution in [1.29, 1.82) is 0 Å². The normalized spacial score (nSPS) is 12.0. The van der Waals surface area contributed by atoms with Crippen LogP contribution in [0.2, 0.25) is 0 Å². The summed E-state index contributed by atoms with van der Waals surface area (Å²) in [4.78, 5) is 22.4. The van der Waals surface area contributed by atoms with E-state index in [0.717, 1.165) is 6.42 Å². The number of benzene rings is 1. The number of para-hydroxylation sites is 1. The first-order chi connectivity index (χ1) is 9.86. The number of nitro benzene ring substituents is 1. The molecule has 7 heteroatoms. The number of ether oxygens (including phenoxy) is 1. The number of halogens is 1. The monoisotopic (exact) mass is 314 g/mol. The van der Waals surface area contributed by atoms with Gasteiger partial charge in [-0.2, -0.15) is 0 Å². The second-order valence-electron chi connectivity index (χ2n) is 5.05. The molecule has 1 atom stereocenters. The van der Waals surface area contributed by atoms with Gasteiger partial charge < -0.3 is 10.1 Å². The van der Waals surface area contributed by atoms with E-state index in [0.29, 0.717) is 12.5 Å². The maximum absolute atomic E-state index is 12.1. The van der Waals surface area contributed by atoms with Crippen molar-refractivity contribution >= 4 is 23.2 Å². The van der Waals surface area contributed by atoms with Crippen molar-refractivity contribution in [2.75, 3.05) is 13.7 Å². The minimum Gasteiger partial charge on any atom is -0.490 e. The molecular weight excluding hydrogens is 296 g/mol. The Morgan fingerprint density at radius 1 is 1.48 bits per heavy atom. The van der Waals surface area contributed by atoms with Gasteiger partial charge in [0.15, 0.2) is 0 Å². The van der Waals surface area contributed by atoms with Crippen molar-refractivity contribution < 1.29 is 14.5 Å². The molecule has 0 radical (unpaired) electrons. The molecule has 0 saturated carbocycles. The maximum Gasteiger partial charge on any atom is 0.311 e. The van der Waals surface area contributed by atoms with Gasteiger partial charge in [0.05, 0.1) is 23.0 Å². The average molecular weight is 315 g/mol. The van der Waals surface area contributed by atoms with Gasteiger partial charge in [0, 0.05) is 12.6 Å². The van der Waals surface area contributed by atoms with Crippen LogP contribution in [0.25, 0.3) is 0 Å². The van der Waals surface area contributed by atoms with E-state index < -0.39 is 10.8 Å². The molecule has 1 aromatic rings. The number of nitrogens with one attached hydrogen (secondary N) is 1. The van der Waals surface area contributed by atoms with E-state index in [1.165, 1.54) is 25.3 Å². The van der Waals surface area contributed by atoms with E-state index in [1.807, 2.05) is 13.8 Å². The molecule has 0 aliphatic carbocycles. The highest BCUT2D eigenvalue weighted by atomic mass is 35.5. The fraction of sp³-hybridized carbons (Fsp3) is 0.500. The molecule has 0 heterocycles. The minimum atomic E-state index is -0.585. The average Bonchev–Trinajstić information content (AvgIpc) is 2.42. The summed E-state index contributed by atoms with van der Waals surface area (Å²) in [6.07, 6.45) is 0.772. The molecule has 0 aromatic heterocycles. The van der Waals surface area contributed by atoms with Crippen LogP contribution < -0.4 is 10.1 Å². The number of nitrogens with zero attached hydrogens (tertiary/aromatic N) is 1. The van der Waals surface area contributed by atoms with Gasteiger partial charge in [0.1, 0.15) is 0 Å². The van der Waals surface area contributed by atoms with Gasteiger partial charge >= 0.3 is 5.69 Å². The molecule has 0 fully saturated rings.